The van der Waals surface area contributed by atoms with E-state index in [1.54, 1.807) is 24.4 Å². The quantitative estimate of drug-likeness (QED) is 0.316. The van der Waals surface area contributed by atoms with Crippen LogP contribution in [-0.4, -0.2) is 49.7 Å². The molecule has 0 aliphatic carbocycles. The van der Waals surface area contributed by atoms with E-state index in [0.717, 1.165) is 48.9 Å². The molecule has 4 aromatic rings. The number of rotatable bonds is 7. The largest absolute Gasteiger partial charge is 0.493 e. The molecule has 202 valence electrons. The van der Waals surface area contributed by atoms with Gasteiger partial charge in [-0.3, -0.25) is 14.6 Å². The molecule has 1 saturated heterocycles. The lowest BCUT2D eigenvalue weighted by atomic mass is 9.98. The summed E-state index contributed by atoms with van der Waals surface area (Å²) in [7, 11) is 0. The van der Waals surface area contributed by atoms with Gasteiger partial charge in [0.05, 0.1) is 48.0 Å². The van der Waals surface area contributed by atoms with E-state index in [1.165, 1.54) is 11.9 Å². The Hall–Kier alpha value is -4.89. The van der Waals surface area contributed by atoms with Crippen LogP contribution in [-0.2, 0) is 11.2 Å². The number of morpholine rings is 1. The van der Waals surface area contributed by atoms with Crippen LogP contribution in [0, 0.1) is 0 Å². The minimum atomic E-state index is -0.560. The molecule has 2 amide bonds. The standard InChI is InChI=1S/C31H29N5O4/c32-30(37)26-19-33-11-9-24(26)21-2-7-25-28(18-21)34-27-8-1-20(17-29(27)35-31(25)38)10-14-40-23-5-3-22(4-6-23)36-12-15-39-16-13-36/h1-9,11,17-19,34H,10,12-16H2,(H2,32,37)(H,35,38). The van der Waals surface area contributed by atoms with E-state index in [4.69, 9.17) is 15.2 Å². The molecule has 2 aliphatic rings. The van der Waals surface area contributed by atoms with E-state index in [1.807, 2.05) is 36.4 Å². The second-order valence-electron chi connectivity index (χ2n) is 9.70. The Morgan fingerprint density at radius 3 is 2.55 bits per heavy atom. The number of primary amides is 1. The third-order valence-electron chi connectivity index (χ3n) is 7.14. The molecular weight excluding hydrogens is 506 g/mol. The summed E-state index contributed by atoms with van der Waals surface area (Å²) in [6, 6.07) is 21.2. The zero-order valence-electron chi connectivity index (χ0n) is 21.9. The summed E-state index contributed by atoms with van der Waals surface area (Å²) in [6.45, 7) is 3.82. The number of aromatic nitrogens is 1. The first-order valence-corrected chi connectivity index (χ1v) is 13.2. The molecule has 40 heavy (non-hydrogen) atoms. The fourth-order valence-electron chi connectivity index (χ4n) is 5.01. The molecule has 0 spiro atoms. The van der Waals surface area contributed by atoms with Crippen molar-refractivity contribution in [2.24, 2.45) is 5.73 Å². The summed E-state index contributed by atoms with van der Waals surface area (Å²) < 4.78 is 11.4. The number of fused-ring (bicyclic) bond motifs is 2. The predicted octanol–water partition coefficient (Wildman–Crippen LogP) is 4.61. The fourth-order valence-corrected chi connectivity index (χ4v) is 5.01. The molecular formula is C31H29N5O4. The number of carbonyl (C=O) groups excluding carboxylic acids is 2. The maximum Gasteiger partial charge on any atom is 0.257 e. The van der Waals surface area contributed by atoms with Crippen LogP contribution >= 0.6 is 0 Å². The highest BCUT2D eigenvalue weighted by Crippen LogP contribution is 2.36. The first kappa shape index (κ1) is 25.4. The lowest BCUT2D eigenvalue weighted by molar-refractivity contribution is 0.0997. The van der Waals surface area contributed by atoms with Crippen molar-refractivity contribution in [3.63, 3.8) is 0 Å². The molecule has 1 fully saturated rings. The summed E-state index contributed by atoms with van der Waals surface area (Å²) in [4.78, 5) is 31.3. The molecule has 1 aromatic heterocycles. The average Bonchev–Trinajstić information content (AvgIpc) is 3.12. The maximum absolute atomic E-state index is 13.1. The number of nitrogens with zero attached hydrogens (tertiary/aromatic N) is 2. The minimum Gasteiger partial charge on any atom is -0.493 e. The van der Waals surface area contributed by atoms with Crippen molar-refractivity contribution in [2.45, 2.75) is 6.42 Å². The number of carbonyl (C=O) groups is 2. The summed E-state index contributed by atoms with van der Waals surface area (Å²) in [5.41, 5.74) is 12.1. The highest BCUT2D eigenvalue weighted by atomic mass is 16.5. The number of nitrogens with two attached hydrogens (primary N) is 1. The third-order valence-corrected chi connectivity index (χ3v) is 7.14. The molecule has 9 heteroatoms. The lowest BCUT2D eigenvalue weighted by Crippen LogP contribution is -2.36. The Labute approximate surface area is 231 Å². The zero-order valence-corrected chi connectivity index (χ0v) is 21.9. The van der Waals surface area contributed by atoms with E-state index in [2.05, 4.69) is 32.7 Å². The molecule has 0 radical (unpaired) electrons. The molecule has 0 unspecified atom stereocenters. The third kappa shape index (κ3) is 5.32. The number of nitrogens with one attached hydrogen (secondary N) is 2. The van der Waals surface area contributed by atoms with Gasteiger partial charge in [-0.05, 0) is 71.3 Å². The molecule has 3 aromatic carbocycles. The number of hydrogen-bond donors (Lipinski definition) is 3. The first-order valence-electron chi connectivity index (χ1n) is 13.2. The van der Waals surface area contributed by atoms with Crippen molar-refractivity contribution in [2.75, 3.05) is 48.4 Å². The van der Waals surface area contributed by atoms with Gasteiger partial charge in [0.15, 0.2) is 0 Å². The predicted molar refractivity (Wildman–Crippen MR) is 155 cm³/mol. The normalized spacial score (nSPS) is 14.3. The number of pyridine rings is 1. The van der Waals surface area contributed by atoms with Crippen LogP contribution < -0.4 is 26.0 Å². The fraction of sp³-hybridized carbons (Fsp3) is 0.194. The van der Waals surface area contributed by atoms with Gasteiger partial charge in [0.2, 0.25) is 0 Å². The van der Waals surface area contributed by atoms with Crippen molar-refractivity contribution < 1.29 is 19.1 Å². The monoisotopic (exact) mass is 535 g/mol. The van der Waals surface area contributed by atoms with E-state index in [0.29, 0.717) is 41.1 Å². The first-order chi connectivity index (χ1) is 19.5. The zero-order chi connectivity index (χ0) is 27.5. The van der Waals surface area contributed by atoms with Crippen LogP contribution in [0.15, 0.2) is 79.1 Å². The van der Waals surface area contributed by atoms with E-state index in [-0.39, 0.29) is 5.91 Å². The summed E-state index contributed by atoms with van der Waals surface area (Å²) in [5.74, 6) is 0.0451. The van der Waals surface area contributed by atoms with E-state index >= 15 is 0 Å². The lowest BCUT2D eigenvalue weighted by Gasteiger charge is -2.28. The summed E-state index contributed by atoms with van der Waals surface area (Å²) >= 11 is 0. The summed E-state index contributed by atoms with van der Waals surface area (Å²) in [5, 5.41) is 6.39. The van der Waals surface area contributed by atoms with Gasteiger partial charge in [-0.2, -0.15) is 0 Å². The average molecular weight is 536 g/mol. The number of benzene rings is 3. The Balaban J connectivity index is 1.14. The van der Waals surface area contributed by atoms with Crippen LogP contribution in [0.25, 0.3) is 11.1 Å². The van der Waals surface area contributed by atoms with Gasteiger partial charge in [0.1, 0.15) is 5.75 Å². The van der Waals surface area contributed by atoms with Gasteiger partial charge in [-0.25, -0.2) is 0 Å². The molecule has 0 atom stereocenters. The van der Waals surface area contributed by atoms with Crippen LogP contribution in [0.3, 0.4) is 0 Å². The van der Waals surface area contributed by atoms with E-state index in [9.17, 15) is 9.59 Å². The number of ether oxygens (including phenoxy) is 2. The SMILES string of the molecule is NC(=O)c1cnccc1-c1ccc2c(c1)Nc1ccc(CCOc3ccc(N4CCOCC4)cc3)cc1NC2=O. The van der Waals surface area contributed by atoms with Crippen molar-refractivity contribution in [3.05, 3.63) is 95.8 Å². The number of hydrogen-bond acceptors (Lipinski definition) is 7. The molecule has 9 nitrogen and oxygen atoms in total. The van der Waals surface area contributed by atoms with Crippen molar-refractivity contribution >= 4 is 34.6 Å². The maximum atomic E-state index is 13.1. The second kappa shape index (κ2) is 11.1. The second-order valence-corrected chi connectivity index (χ2v) is 9.70. The van der Waals surface area contributed by atoms with Crippen LogP contribution in [0.1, 0.15) is 26.3 Å². The van der Waals surface area contributed by atoms with Gasteiger partial charge in [0.25, 0.3) is 11.8 Å². The Kier molecular flexibility index (Phi) is 7.03. The smallest absolute Gasteiger partial charge is 0.257 e. The number of anilines is 4. The Morgan fingerprint density at radius 2 is 1.75 bits per heavy atom. The van der Waals surface area contributed by atoms with Gasteiger partial charge in [-0.15, -0.1) is 0 Å². The molecule has 0 saturated carbocycles. The van der Waals surface area contributed by atoms with E-state index < -0.39 is 5.91 Å². The van der Waals surface area contributed by atoms with Gasteiger partial charge < -0.3 is 30.7 Å². The molecule has 3 heterocycles. The van der Waals surface area contributed by atoms with Crippen molar-refractivity contribution in [3.8, 4) is 16.9 Å². The van der Waals surface area contributed by atoms with Gasteiger partial charge >= 0.3 is 0 Å². The van der Waals surface area contributed by atoms with Crippen LogP contribution in [0.4, 0.5) is 22.7 Å². The van der Waals surface area contributed by atoms with Crippen LogP contribution in [0.2, 0.25) is 0 Å². The van der Waals surface area contributed by atoms with Crippen LogP contribution in [0.5, 0.6) is 5.75 Å². The van der Waals surface area contributed by atoms with Crippen molar-refractivity contribution in [1.29, 1.82) is 0 Å². The molecule has 2 aliphatic heterocycles. The molecule has 4 N–H and O–H groups in total. The minimum absolute atomic E-state index is 0.216. The topological polar surface area (TPSA) is 119 Å². The highest BCUT2D eigenvalue weighted by Gasteiger charge is 2.21. The van der Waals surface area contributed by atoms with Crippen molar-refractivity contribution in [1.82, 2.24) is 4.98 Å². The molecule has 0 bridgehead atoms. The van der Waals surface area contributed by atoms with Gasteiger partial charge in [-0.1, -0.05) is 12.1 Å². The molecule has 6 rings (SSSR count). The Morgan fingerprint density at radius 1 is 0.925 bits per heavy atom. The Bertz CT molecular complexity index is 1560. The summed E-state index contributed by atoms with van der Waals surface area (Å²) in [6.07, 6.45) is 3.74. The van der Waals surface area contributed by atoms with Gasteiger partial charge in [0, 0.05) is 37.6 Å². The number of amides is 2. The highest BCUT2D eigenvalue weighted by molar-refractivity contribution is 6.12.